The highest BCUT2D eigenvalue weighted by molar-refractivity contribution is 5.05. The second-order valence-corrected chi connectivity index (χ2v) is 6.12. The van der Waals surface area contributed by atoms with Crippen LogP contribution in [0.3, 0.4) is 0 Å². The van der Waals surface area contributed by atoms with Crippen molar-refractivity contribution in [1.82, 2.24) is 10.1 Å². The van der Waals surface area contributed by atoms with Gasteiger partial charge in [0.1, 0.15) is 0 Å². The average molecular weight is 223 g/mol. The first-order valence-corrected chi connectivity index (χ1v) is 6.01. The second-order valence-electron chi connectivity index (χ2n) is 6.12. The van der Waals surface area contributed by atoms with Crippen LogP contribution >= 0.6 is 0 Å². The van der Waals surface area contributed by atoms with Gasteiger partial charge in [-0.2, -0.15) is 4.98 Å². The Labute approximate surface area is 96.6 Å². The van der Waals surface area contributed by atoms with E-state index in [-0.39, 0.29) is 11.0 Å². The highest BCUT2D eigenvalue weighted by atomic mass is 16.5. The highest BCUT2D eigenvalue weighted by Crippen LogP contribution is 2.35. The molecule has 4 nitrogen and oxygen atoms in total. The Balaban J connectivity index is 2.13. The lowest BCUT2D eigenvalue weighted by atomic mass is 9.92. The van der Waals surface area contributed by atoms with Crippen molar-refractivity contribution in [3.8, 4) is 0 Å². The molecule has 0 aliphatic heterocycles. The van der Waals surface area contributed by atoms with Gasteiger partial charge in [0, 0.05) is 6.42 Å². The van der Waals surface area contributed by atoms with Crippen LogP contribution in [0.5, 0.6) is 0 Å². The second kappa shape index (κ2) is 3.84. The van der Waals surface area contributed by atoms with E-state index in [9.17, 15) is 0 Å². The van der Waals surface area contributed by atoms with E-state index in [0.717, 1.165) is 37.9 Å². The molecule has 1 heterocycles. The Hall–Kier alpha value is -0.900. The zero-order valence-corrected chi connectivity index (χ0v) is 10.4. The lowest BCUT2D eigenvalue weighted by Gasteiger charge is -2.17. The van der Waals surface area contributed by atoms with Gasteiger partial charge in [0.05, 0.1) is 5.54 Å². The number of hydrogen-bond acceptors (Lipinski definition) is 4. The predicted octanol–water partition coefficient (Wildman–Crippen LogP) is 2.39. The van der Waals surface area contributed by atoms with Crippen LogP contribution in [0.25, 0.3) is 0 Å². The molecule has 1 aromatic heterocycles. The van der Waals surface area contributed by atoms with Crippen LogP contribution in [0.15, 0.2) is 4.52 Å². The maximum Gasteiger partial charge on any atom is 0.246 e. The van der Waals surface area contributed by atoms with Crippen LogP contribution in [-0.2, 0) is 12.0 Å². The fraction of sp³-hybridized carbons (Fsp3) is 0.833. The van der Waals surface area contributed by atoms with Crippen molar-refractivity contribution < 1.29 is 4.52 Å². The quantitative estimate of drug-likeness (QED) is 0.836. The van der Waals surface area contributed by atoms with Crippen molar-refractivity contribution in [3.05, 3.63) is 11.7 Å². The third-order valence-corrected chi connectivity index (χ3v) is 3.08. The average Bonchev–Trinajstić information content (AvgIpc) is 2.72. The summed E-state index contributed by atoms with van der Waals surface area (Å²) in [5.74, 6) is 1.41. The molecule has 0 amide bonds. The molecule has 1 aliphatic rings. The molecule has 1 aliphatic carbocycles. The first-order valence-electron chi connectivity index (χ1n) is 6.01. The first-order chi connectivity index (χ1) is 7.39. The number of rotatable bonds is 2. The summed E-state index contributed by atoms with van der Waals surface area (Å²) in [4.78, 5) is 4.45. The lowest BCUT2D eigenvalue weighted by molar-refractivity contribution is 0.282. The Morgan fingerprint density at radius 1 is 1.31 bits per heavy atom. The third kappa shape index (κ3) is 2.43. The van der Waals surface area contributed by atoms with Crippen LogP contribution in [-0.4, -0.2) is 10.1 Å². The lowest BCUT2D eigenvalue weighted by Crippen LogP contribution is -2.33. The maximum atomic E-state index is 6.26. The van der Waals surface area contributed by atoms with Crippen LogP contribution in [0.4, 0.5) is 0 Å². The molecule has 1 saturated carbocycles. The van der Waals surface area contributed by atoms with E-state index in [1.165, 1.54) is 0 Å². The van der Waals surface area contributed by atoms with Crippen LogP contribution < -0.4 is 5.73 Å². The minimum atomic E-state index is -0.358. The minimum Gasteiger partial charge on any atom is -0.337 e. The Bertz CT molecular complexity index is 359. The number of hydrogen-bond donors (Lipinski definition) is 1. The van der Waals surface area contributed by atoms with E-state index in [0.29, 0.717) is 5.89 Å². The molecule has 0 aromatic carbocycles. The van der Waals surface area contributed by atoms with Crippen LogP contribution in [0, 0.1) is 5.41 Å². The van der Waals surface area contributed by atoms with Gasteiger partial charge in [-0.05, 0) is 18.3 Å². The van der Waals surface area contributed by atoms with Gasteiger partial charge in [-0.15, -0.1) is 0 Å². The van der Waals surface area contributed by atoms with E-state index in [2.05, 4.69) is 30.9 Å². The molecule has 0 saturated heterocycles. The van der Waals surface area contributed by atoms with Crippen LogP contribution in [0.1, 0.15) is 58.2 Å². The Morgan fingerprint density at radius 3 is 2.50 bits per heavy atom. The molecule has 0 radical (unpaired) electrons. The van der Waals surface area contributed by atoms with Gasteiger partial charge >= 0.3 is 0 Å². The Morgan fingerprint density at radius 2 is 1.94 bits per heavy atom. The van der Waals surface area contributed by atoms with Gasteiger partial charge in [-0.3, -0.25) is 0 Å². The van der Waals surface area contributed by atoms with Gasteiger partial charge in [0.2, 0.25) is 5.89 Å². The van der Waals surface area contributed by atoms with Crippen molar-refractivity contribution in [2.24, 2.45) is 11.1 Å². The molecule has 0 bridgehead atoms. The van der Waals surface area contributed by atoms with E-state index >= 15 is 0 Å². The van der Waals surface area contributed by atoms with E-state index in [4.69, 9.17) is 10.3 Å². The number of aromatic nitrogens is 2. The molecule has 0 atom stereocenters. The molecule has 1 aromatic rings. The first kappa shape index (κ1) is 11.6. The number of nitrogens with zero attached hydrogens (tertiary/aromatic N) is 2. The zero-order chi connectivity index (χ0) is 11.8. The van der Waals surface area contributed by atoms with Crippen LogP contribution in [0.2, 0.25) is 0 Å². The Kier molecular flexibility index (Phi) is 2.78. The monoisotopic (exact) mass is 223 g/mol. The maximum absolute atomic E-state index is 6.26. The largest absolute Gasteiger partial charge is 0.337 e. The molecule has 0 unspecified atom stereocenters. The predicted molar refractivity (Wildman–Crippen MR) is 61.8 cm³/mol. The normalized spacial score (nSPS) is 20.2. The zero-order valence-electron chi connectivity index (χ0n) is 10.4. The molecular weight excluding hydrogens is 202 g/mol. The van der Waals surface area contributed by atoms with Gasteiger partial charge in [-0.25, -0.2) is 0 Å². The highest BCUT2D eigenvalue weighted by Gasteiger charge is 2.37. The van der Waals surface area contributed by atoms with Crippen molar-refractivity contribution in [2.45, 2.75) is 58.4 Å². The molecule has 1 fully saturated rings. The standard InChI is InChI=1S/C12H21N3O/c1-11(2,3)8-9-14-10(16-15-9)12(13)6-4-5-7-12/h4-8,13H2,1-3H3. The summed E-state index contributed by atoms with van der Waals surface area (Å²) >= 11 is 0. The molecule has 16 heavy (non-hydrogen) atoms. The van der Waals surface area contributed by atoms with E-state index in [1.54, 1.807) is 0 Å². The summed E-state index contributed by atoms with van der Waals surface area (Å²) in [5.41, 5.74) is 6.08. The van der Waals surface area contributed by atoms with Gasteiger partial charge in [0.15, 0.2) is 5.82 Å². The topological polar surface area (TPSA) is 64.9 Å². The van der Waals surface area contributed by atoms with Gasteiger partial charge in [0.25, 0.3) is 0 Å². The fourth-order valence-electron chi connectivity index (χ4n) is 2.22. The van der Waals surface area contributed by atoms with Crippen molar-refractivity contribution in [3.63, 3.8) is 0 Å². The summed E-state index contributed by atoms with van der Waals surface area (Å²) in [5, 5.41) is 4.03. The molecule has 0 spiro atoms. The summed E-state index contributed by atoms with van der Waals surface area (Å²) in [7, 11) is 0. The number of nitrogens with two attached hydrogens (primary N) is 1. The summed E-state index contributed by atoms with van der Waals surface area (Å²) in [6, 6.07) is 0. The SMILES string of the molecule is CC(C)(C)Cc1noc(C2(N)CCCC2)n1. The molecule has 4 heteroatoms. The molecule has 90 valence electrons. The van der Waals surface area contributed by atoms with Crippen molar-refractivity contribution >= 4 is 0 Å². The smallest absolute Gasteiger partial charge is 0.246 e. The summed E-state index contributed by atoms with van der Waals surface area (Å²) < 4.78 is 5.31. The fourth-order valence-corrected chi connectivity index (χ4v) is 2.22. The minimum absolute atomic E-state index is 0.179. The molecule has 2 rings (SSSR count). The molecular formula is C12H21N3O. The summed E-state index contributed by atoms with van der Waals surface area (Å²) in [6.45, 7) is 6.49. The van der Waals surface area contributed by atoms with Crippen molar-refractivity contribution in [2.75, 3.05) is 0 Å². The third-order valence-electron chi connectivity index (χ3n) is 3.08. The molecule has 2 N–H and O–H groups in total. The van der Waals surface area contributed by atoms with E-state index < -0.39 is 0 Å². The van der Waals surface area contributed by atoms with Gasteiger partial charge in [-0.1, -0.05) is 38.8 Å². The van der Waals surface area contributed by atoms with E-state index in [1.807, 2.05) is 0 Å². The summed E-state index contributed by atoms with van der Waals surface area (Å²) in [6.07, 6.45) is 5.07. The van der Waals surface area contributed by atoms with Gasteiger partial charge < -0.3 is 10.3 Å². The van der Waals surface area contributed by atoms with Crippen molar-refractivity contribution in [1.29, 1.82) is 0 Å².